The van der Waals surface area contributed by atoms with Crippen molar-refractivity contribution >= 4 is 16.9 Å². The summed E-state index contributed by atoms with van der Waals surface area (Å²) < 4.78 is 21.2. The zero-order chi connectivity index (χ0) is 21.7. The first kappa shape index (κ1) is 18.7. The molecule has 8 heteroatoms. The number of ether oxygens (including phenoxy) is 1. The number of cyclic esters (lactones) is 1. The monoisotopic (exact) mass is 421 g/mol. The van der Waals surface area contributed by atoms with Gasteiger partial charge < -0.3 is 20.1 Å². The third-order valence-corrected chi connectivity index (χ3v) is 7.02. The molecule has 0 bridgehead atoms. The van der Waals surface area contributed by atoms with Gasteiger partial charge in [0.05, 0.1) is 29.0 Å². The van der Waals surface area contributed by atoms with Gasteiger partial charge in [-0.2, -0.15) is 0 Å². The van der Waals surface area contributed by atoms with Crippen molar-refractivity contribution in [2.45, 2.75) is 51.0 Å². The Balaban J connectivity index is 1.69. The number of nitrogens with zero attached hydrogens (tertiary/aromatic N) is 2. The molecule has 31 heavy (non-hydrogen) atoms. The summed E-state index contributed by atoms with van der Waals surface area (Å²) in [5, 5.41) is 11.7. The lowest BCUT2D eigenvalue weighted by atomic mass is 9.83. The van der Waals surface area contributed by atoms with E-state index in [0.717, 1.165) is 16.5 Å². The lowest BCUT2D eigenvalue weighted by Crippen LogP contribution is -2.44. The molecule has 0 saturated carbocycles. The van der Waals surface area contributed by atoms with Crippen molar-refractivity contribution < 1.29 is 19.0 Å². The van der Waals surface area contributed by atoms with Crippen molar-refractivity contribution in [3.8, 4) is 11.4 Å². The zero-order valence-corrected chi connectivity index (χ0v) is 16.9. The van der Waals surface area contributed by atoms with Crippen LogP contribution in [0.15, 0.2) is 23.0 Å². The summed E-state index contributed by atoms with van der Waals surface area (Å²) in [6.45, 7) is 1.75. The molecule has 158 valence electrons. The summed E-state index contributed by atoms with van der Waals surface area (Å²) in [5.41, 5.74) is 8.82. The summed E-state index contributed by atoms with van der Waals surface area (Å²) in [4.78, 5) is 30.4. The highest BCUT2D eigenvalue weighted by Gasteiger charge is 2.45. The van der Waals surface area contributed by atoms with Gasteiger partial charge in [-0.15, -0.1) is 0 Å². The first-order chi connectivity index (χ1) is 14.8. The zero-order valence-electron chi connectivity index (χ0n) is 16.9. The Kier molecular flexibility index (Phi) is 3.60. The number of aliphatic hydroxyl groups is 1. The summed E-state index contributed by atoms with van der Waals surface area (Å²) in [5.74, 6) is -1.03. The molecule has 7 nitrogen and oxygen atoms in total. The molecule has 0 spiro atoms. The number of aromatic nitrogens is 2. The predicted octanol–water partition coefficient (Wildman–Crippen LogP) is 2.16. The van der Waals surface area contributed by atoms with Crippen molar-refractivity contribution in [1.82, 2.24) is 9.55 Å². The fourth-order valence-electron chi connectivity index (χ4n) is 5.35. The minimum absolute atomic E-state index is 0.0818. The Morgan fingerprint density at radius 3 is 2.90 bits per heavy atom. The van der Waals surface area contributed by atoms with E-state index >= 15 is 0 Å². The van der Waals surface area contributed by atoms with Crippen molar-refractivity contribution in [3.05, 3.63) is 62.2 Å². The van der Waals surface area contributed by atoms with Gasteiger partial charge in [0.15, 0.2) is 5.60 Å². The van der Waals surface area contributed by atoms with Crippen LogP contribution in [0, 0.1) is 5.82 Å². The number of hydrogen-bond acceptors (Lipinski definition) is 6. The molecule has 1 aliphatic carbocycles. The van der Waals surface area contributed by atoms with Crippen LogP contribution >= 0.6 is 0 Å². The van der Waals surface area contributed by atoms with Gasteiger partial charge in [0, 0.05) is 22.6 Å². The Labute approximate surface area is 176 Å². The van der Waals surface area contributed by atoms with Gasteiger partial charge in [0.2, 0.25) is 0 Å². The SMILES string of the molecule is CC[C@@]1(O)C(=O)OCc2c1cc1n(c2=O)Cc2c-1nc1ccc(F)c3c1c2C(N)CC3. The van der Waals surface area contributed by atoms with Crippen LogP contribution in [-0.2, 0) is 34.7 Å². The largest absolute Gasteiger partial charge is 0.458 e. The molecule has 2 atom stereocenters. The van der Waals surface area contributed by atoms with Crippen LogP contribution < -0.4 is 11.3 Å². The molecule has 0 fully saturated rings. The second-order valence-corrected chi connectivity index (χ2v) is 8.52. The lowest BCUT2D eigenvalue weighted by molar-refractivity contribution is -0.172. The maximum Gasteiger partial charge on any atom is 0.343 e. The molecule has 2 aliphatic heterocycles. The van der Waals surface area contributed by atoms with Crippen LogP contribution in [0.25, 0.3) is 22.3 Å². The maximum atomic E-state index is 14.5. The van der Waals surface area contributed by atoms with Crippen LogP contribution in [0.1, 0.15) is 53.6 Å². The summed E-state index contributed by atoms with van der Waals surface area (Å²) in [6.07, 6.45) is 1.24. The number of carbonyl (C=O) groups is 1. The van der Waals surface area contributed by atoms with E-state index < -0.39 is 11.6 Å². The van der Waals surface area contributed by atoms with E-state index in [9.17, 15) is 19.1 Å². The minimum atomic E-state index is -1.87. The first-order valence-electron chi connectivity index (χ1n) is 10.4. The van der Waals surface area contributed by atoms with Gasteiger partial charge in [0.1, 0.15) is 12.4 Å². The number of fused-ring (bicyclic) bond motifs is 5. The standard InChI is InChI=1S/C23H20FN3O4/c1-2-23(30)13-7-17-20-11(8-27(17)21(28)12(13)9-31-22(23)29)18-15(25)5-3-10-14(24)4-6-16(26-20)19(10)18/h4,6-7,15,30H,2-3,5,8-9,25H2,1H3/t15?,23-/m0/s1. The smallest absolute Gasteiger partial charge is 0.343 e. The van der Waals surface area contributed by atoms with E-state index in [2.05, 4.69) is 0 Å². The quantitative estimate of drug-likeness (QED) is 0.456. The number of pyridine rings is 2. The van der Waals surface area contributed by atoms with Crippen LogP contribution in [0.2, 0.25) is 0 Å². The van der Waals surface area contributed by atoms with Gasteiger partial charge >= 0.3 is 5.97 Å². The highest BCUT2D eigenvalue weighted by molar-refractivity contribution is 5.92. The molecule has 4 heterocycles. The molecule has 3 N–H and O–H groups in total. The molecule has 1 unspecified atom stereocenters. The van der Waals surface area contributed by atoms with E-state index in [1.165, 1.54) is 6.07 Å². The first-order valence-corrected chi connectivity index (χ1v) is 10.4. The normalized spacial score (nSPS) is 23.4. The molecule has 2 aromatic heterocycles. The Morgan fingerprint density at radius 2 is 2.13 bits per heavy atom. The number of aryl methyl sites for hydroxylation is 1. The molecule has 0 saturated heterocycles. The van der Waals surface area contributed by atoms with Gasteiger partial charge in [-0.3, -0.25) is 4.79 Å². The van der Waals surface area contributed by atoms with Gasteiger partial charge in [-0.1, -0.05) is 6.92 Å². The Morgan fingerprint density at radius 1 is 1.32 bits per heavy atom. The maximum absolute atomic E-state index is 14.5. The third-order valence-electron chi connectivity index (χ3n) is 7.02. The van der Waals surface area contributed by atoms with E-state index in [0.29, 0.717) is 35.3 Å². The van der Waals surface area contributed by atoms with Gasteiger partial charge in [-0.25, -0.2) is 14.2 Å². The molecule has 0 amide bonds. The summed E-state index contributed by atoms with van der Waals surface area (Å²) in [6, 6.07) is 4.44. The molecule has 3 aromatic rings. The average molecular weight is 421 g/mol. The van der Waals surface area contributed by atoms with E-state index in [1.54, 1.807) is 23.6 Å². The van der Waals surface area contributed by atoms with Crippen LogP contribution in [0.5, 0.6) is 0 Å². The molecule has 6 rings (SSSR count). The van der Waals surface area contributed by atoms with Crippen molar-refractivity contribution in [2.24, 2.45) is 5.73 Å². The highest BCUT2D eigenvalue weighted by Crippen LogP contribution is 2.44. The Hall–Kier alpha value is -3.10. The number of hydrogen-bond donors (Lipinski definition) is 2. The molecule has 0 radical (unpaired) electrons. The number of nitrogens with two attached hydrogens (primary N) is 1. The number of rotatable bonds is 1. The van der Waals surface area contributed by atoms with Crippen molar-refractivity contribution in [3.63, 3.8) is 0 Å². The van der Waals surface area contributed by atoms with Crippen LogP contribution in [0.4, 0.5) is 4.39 Å². The van der Waals surface area contributed by atoms with Crippen LogP contribution in [0.3, 0.4) is 0 Å². The number of halogens is 1. The topological polar surface area (TPSA) is 107 Å². The van der Waals surface area contributed by atoms with E-state index in [1.807, 2.05) is 0 Å². The predicted molar refractivity (Wildman–Crippen MR) is 110 cm³/mol. The molecule has 1 aromatic carbocycles. The second-order valence-electron chi connectivity index (χ2n) is 8.52. The molecular formula is C23H20FN3O4. The van der Waals surface area contributed by atoms with Crippen LogP contribution in [-0.4, -0.2) is 20.6 Å². The fourth-order valence-corrected chi connectivity index (χ4v) is 5.35. The summed E-state index contributed by atoms with van der Waals surface area (Å²) in [7, 11) is 0. The molecule has 3 aliphatic rings. The summed E-state index contributed by atoms with van der Waals surface area (Å²) >= 11 is 0. The Bertz CT molecular complexity index is 1400. The number of benzene rings is 1. The van der Waals surface area contributed by atoms with E-state index in [-0.39, 0.29) is 48.1 Å². The van der Waals surface area contributed by atoms with Crippen molar-refractivity contribution in [2.75, 3.05) is 0 Å². The average Bonchev–Trinajstić information content (AvgIpc) is 3.13. The highest BCUT2D eigenvalue weighted by atomic mass is 19.1. The second kappa shape index (κ2) is 5.99. The molecular weight excluding hydrogens is 401 g/mol. The lowest BCUT2D eigenvalue weighted by Gasteiger charge is -2.31. The van der Waals surface area contributed by atoms with E-state index in [4.69, 9.17) is 15.5 Å². The van der Waals surface area contributed by atoms with Gasteiger partial charge in [0.25, 0.3) is 5.56 Å². The fraction of sp³-hybridized carbons (Fsp3) is 0.348. The third kappa shape index (κ3) is 2.21. The number of esters is 1. The van der Waals surface area contributed by atoms with Crippen molar-refractivity contribution in [1.29, 1.82) is 0 Å². The minimum Gasteiger partial charge on any atom is -0.458 e. The number of carbonyl (C=O) groups excluding carboxylic acids is 1. The van der Waals surface area contributed by atoms with Gasteiger partial charge in [-0.05, 0) is 48.6 Å².